The maximum Gasteiger partial charge on any atom is 0.293 e. The molecule has 4 rings (SSSR count). The molecule has 7 nitrogen and oxygen atoms in total. The summed E-state index contributed by atoms with van der Waals surface area (Å²) >= 11 is 0. The predicted molar refractivity (Wildman–Crippen MR) is 111 cm³/mol. The second-order valence-electron chi connectivity index (χ2n) is 6.72. The lowest BCUT2D eigenvalue weighted by molar-refractivity contribution is 0.340. The summed E-state index contributed by atoms with van der Waals surface area (Å²) in [4.78, 5) is 4.59. The Morgan fingerprint density at radius 1 is 0.967 bits per heavy atom. The first-order chi connectivity index (χ1) is 14.4. The second-order valence-corrected chi connectivity index (χ2v) is 8.71. The first kappa shape index (κ1) is 19.9. The van der Waals surface area contributed by atoms with E-state index in [1.807, 2.05) is 38.1 Å². The molecule has 30 heavy (non-hydrogen) atoms. The summed E-state index contributed by atoms with van der Waals surface area (Å²) in [5.41, 5.74) is 1.76. The van der Waals surface area contributed by atoms with E-state index in [-0.39, 0.29) is 16.5 Å². The van der Waals surface area contributed by atoms with Crippen molar-refractivity contribution in [2.75, 3.05) is 6.61 Å². The molecule has 4 aromatic rings. The minimum Gasteiger partial charge on any atom is -0.494 e. The standard InChI is InChI=1S/C22H20N2O5S/c1-3-27-17-8-6-16(7-9-17)21-23-22(29-24-21)20-13-10-18(28-20)14-30(25,26)19-11-4-15(2)5-12-19/h4-13H,3,14H2,1-2H3. The molecule has 0 saturated carbocycles. The van der Waals surface area contributed by atoms with Crippen molar-refractivity contribution in [3.05, 3.63) is 72.0 Å². The third-order valence-corrected chi connectivity index (χ3v) is 6.09. The molecule has 0 unspecified atom stereocenters. The van der Waals surface area contributed by atoms with Crippen LogP contribution in [0.15, 0.2) is 74.5 Å². The van der Waals surface area contributed by atoms with Gasteiger partial charge in [-0.3, -0.25) is 0 Å². The fraction of sp³-hybridized carbons (Fsp3) is 0.182. The smallest absolute Gasteiger partial charge is 0.293 e. The molecule has 0 amide bonds. The maximum atomic E-state index is 12.6. The normalized spacial score (nSPS) is 11.5. The molecule has 0 N–H and O–H groups in total. The van der Waals surface area contributed by atoms with Crippen molar-refractivity contribution in [3.63, 3.8) is 0 Å². The van der Waals surface area contributed by atoms with Gasteiger partial charge in [-0.25, -0.2) is 8.42 Å². The van der Waals surface area contributed by atoms with E-state index in [1.54, 1.807) is 36.4 Å². The van der Waals surface area contributed by atoms with Gasteiger partial charge in [0, 0.05) is 5.56 Å². The molecule has 2 heterocycles. The Labute approximate surface area is 174 Å². The molecule has 0 radical (unpaired) electrons. The summed E-state index contributed by atoms with van der Waals surface area (Å²) in [6.45, 7) is 4.41. The number of hydrogen-bond donors (Lipinski definition) is 0. The topological polar surface area (TPSA) is 95.4 Å². The summed E-state index contributed by atoms with van der Waals surface area (Å²) in [5, 5.41) is 3.97. The number of sulfone groups is 1. The molecular formula is C22H20N2O5S. The molecule has 8 heteroatoms. The van der Waals surface area contributed by atoms with E-state index < -0.39 is 9.84 Å². The van der Waals surface area contributed by atoms with Crippen LogP contribution in [-0.2, 0) is 15.6 Å². The second kappa shape index (κ2) is 8.16. The van der Waals surface area contributed by atoms with Gasteiger partial charge in [0.2, 0.25) is 5.82 Å². The zero-order valence-corrected chi connectivity index (χ0v) is 17.3. The minimum atomic E-state index is -3.52. The molecule has 0 spiro atoms. The Bertz CT molecular complexity index is 1240. The van der Waals surface area contributed by atoms with Crippen LogP contribution in [0.1, 0.15) is 18.2 Å². The molecule has 0 aliphatic heterocycles. The first-order valence-corrected chi connectivity index (χ1v) is 11.1. The Hall–Kier alpha value is -3.39. The Morgan fingerprint density at radius 2 is 1.70 bits per heavy atom. The van der Waals surface area contributed by atoms with Gasteiger partial charge in [0.25, 0.3) is 5.89 Å². The van der Waals surface area contributed by atoms with Crippen LogP contribution in [0.5, 0.6) is 5.75 Å². The molecule has 0 atom stereocenters. The summed E-state index contributed by atoms with van der Waals surface area (Å²) < 4.78 is 41.6. The zero-order valence-electron chi connectivity index (χ0n) is 16.5. The van der Waals surface area contributed by atoms with Gasteiger partial charge in [-0.15, -0.1) is 0 Å². The van der Waals surface area contributed by atoms with E-state index in [0.717, 1.165) is 16.9 Å². The van der Waals surface area contributed by atoms with E-state index >= 15 is 0 Å². The van der Waals surface area contributed by atoms with Crippen LogP contribution in [0.2, 0.25) is 0 Å². The Balaban J connectivity index is 1.51. The van der Waals surface area contributed by atoms with E-state index in [4.69, 9.17) is 13.7 Å². The number of aromatic nitrogens is 2. The van der Waals surface area contributed by atoms with Gasteiger partial charge in [0.1, 0.15) is 17.3 Å². The average Bonchev–Trinajstić information content (AvgIpc) is 3.38. The fourth-order valence-electron chi connectivity index (χ4n) is 2.89. The fourth-order valence-corrected chi connectivity index (χ4v) is 4.14. The van der Waals surface area contributed by atoms with Gasteiger partial charge < -0.3 is 13.7 Å². The van der Waals surface area contributed by atoms with Gasteiger partial charge >= 0.3 is 0 Å². The monoisotopic (exact) mass is 424 g/mol. The van der Waals surface area contributed by atoms with E-state index in [1.165, 1.54) is 0 Å². The number of ether oxygens (including phenoxy) is 1. The van der Waals surface area contributed by atoms with E-state index in [2.05, 4.69) is 10.1 Å². The lowest BCUT2D eigenvalue weighted by atomic mass is 10.2. The molecular weight excluding hydrogens is 404 g/mol. The largest absolute Gasteiger partial charge is 0.494 e. The maximum absolute atomic E-state index is 12.6. The van der Waals surface area contributed by atoms with Crippen molar-refractivity contribution in [2.24, 2.45) is 0 Å². The Kier molecular flexibility index (Phi) is 5.41. The lowest BCUT2D eigenvalue weighted by Crippen LogP contribution is -2.04. The van der Waals surface area contributed by atoms with Crippen molar-refractivity contribution >= 4 is 9.84 Å². The van der Waals surface area contributed by atoms with Gasteiger partial charge in [-0.2, -0.15) is 4.98 Å². The number of aryl methyl sites for hydroxylation is 1. The summed E-state index contributed by atoms with van der Waals surface area (Å²) in [6, 6.07) is 17.3. The number of hydrogen-bond acceptors (Lipinski definition) is 7. The molecule has 0 fully saturated rings. The number of rotatable bonds is 7. The summed E-state index contributed by atoms with van der Waals surface area (Å²) in [6.07, 6.45) is 0. The number of nitrogens with zero attached hydrogens (tertiary/aromatic N) is 2. The molecule has 0 aliphatic rings. The van der Waals surface area contributed by atoms with E-state index in [9.17, 15) is 8.42 Å². The van der Waals surface area contributed by atoms with Crippen LogP contribution in [0.3, 0.4) is 0 Å². The van der Waals surface area contributed by atoms with Crippen molar-refractivity contribution in [2.45, 2.75) is 24.5 Å². The highest BCUT2D eigenvalue weighted by molar-refractivity contribution is 7.90. The van der Waals surface area contributed by atoms with Crippen molar-refractivity contribution in [1.82, 2.24) is 10.1 Å². The average molecular weight is 424 g/mol. The molecule has 2 aromatic heterocycles. The molecule has 154 valence electrons. The molecule has 0 bridgehead atoms. The quantitative estimate of drug-likeness (QED) is 0.425. The SMILES string of the molecule is CCOc1ccc(-c2noc(-c3ccc(CS(=O)(=O)c4ccc(C)cc4)o3)n2)cc1. The van der Waals surface area contributed by atoms with Crippen molar-refractivity contribution in [1.29, 1.82) is 0 Å². The van der Waals surface area contributed by atoms with Gasteiger partial charge in [0.05, 0.1) is 11.5 Å². The van der Waals surface area contributed by atoms with Crippen LogP contribution in [0.4, 0.5) is 0 Å². The first-order valence-electron chi connectivity index (χ1n) is 9.40. The van der Waals surface area contributed by atoms with Gasteiger partial charge in [-0.1, -0.05) is 22.9 Å². The predicted octanol–water partition coefficient (Wildman–Crippen LogP) is 4.68. The van der Waals surface area contributed by atoms with Crippen LogP contribution in [0.25, 0.3) is 23.0 Å². The number of benzene rings is 2. The zero-order chi connectivity index (χ0) is 21.1. The van der Waals surface area contributed by atoms with Gasteiger partial charge in [-0.05, 0) is 62.4 Å². The van der Waals surface area contributed by atoms with Crippen LogP contribution in [-0.4, -0.2) is 25.2 Å². The minimum absolute atomic E-state index is 0.179. The third kappa shape index (κ3) is 4.28. The lowest BCUT2D eigenvalue weighted by Gasteiger charge is -2.03. The summed E-state index contributed by atoms with van der Waals surface area (Å²) in [7, 11) is -3.52. The van der Waals surface area contributed by atoms with Crippen LogP contribution < -0.4 is 4.74 Å². The molecule has 2 aromatic carbocycles. The van der Waals surface area contributed by atoms with Crippen molar-refractivity contribution < 1.29 is 22.1 Å². The summed E-state index contributed by atoms with van der Waals surface area (Å²) in [5.74, 6) is 1.70. The highest BCUT2D eigenvalue weighted by atomic mass is 32.2. The number of furan rings is 1. The highest BCUT2D eigenvalue weighted by Gasteiger charge is 2.20. The highest BCUT2D eigenvalue weighted by Crippen LogP contribution is 2.27. The van der Waals surface area contributed by atoms with Crippen LogP contribution in [0, 0.1) is 6.92 Å². The van der Waals surface area contributed by atoms with E-state index in [0.29, 0.717) is 24.0 Å². The Morgan fingerprint density at radius 3 is 2.40 bits per heavy atom. The van der Waals surface area contributed by atoms with Gasteiger partial charge in [0.15, 0.2) is 15.6 Å². The van der Waals surface area contributed by atoms with Crippen molar-refractivity contribution in [3.8, 4) is 28.8 Å². The third-order valence-electron chi connectivity index (χ3n) is 4.43. The van der Waals surface area contributed by atoms with Crippen LogP contribution >= 0.6 is 0 Å². The molecule has 0 aliphatic carbocycles. The molecule has 0 saturated heterocycles.